The minimum atomic E-state index is -4.37. The van der Waals surface area contributed by atoms with Crippen molar-refractivity contribution in [2.24, 2.45) is 0 Å². The summed E-state index contributed by atoms with van der Waals surface area (Å²) >= 11 is 5.37. The maximum Gasteiger partial charge on any atom is 0.416 e. The third kappa shape index (κ3) is 4.67. The van der Waals surface area contributed by atoms with Gasteiger partial charge in [0.2, 0.25) is 0 Å². The van der Waals surface area contributed by atoms with E-state index in [0.29, 0.717) is 23.0 Å². The summed E-state index contributed by atoms with van der Waals surface area (Å²) in [7, 11) is 1.59. The van der Waals surface area contributed by atoms with Gasteiger partial charge in [0.05, 0.1) is 18.7 Å². The molecule has 1 heterocycles. The molecular formula is C20H21F3N2O2S. The van der Waals surface area contributed by atoms with E-state index < -0.39 is 17.3 Å². The Bertz CT molecular complexity index is 867. The maximum absolute atomic E-state index is 12.7. The van der Waals surface area contributed by atoms with Crippen LogP contribution in [0, 0.1) is 0 Å². The molecule has 0 saturated carbocycles. The number of hydrogen-bond donors (Lipinski definition) is 2. The molecule has 0 fully saturated rings. The SMILES string of the molecule is COc1ccc2c(c1)[C@@H](NC(=S)Nc1ccc(C(F)(F)F)cc1)CC(C)(C)O2. The molecule has 0 bridgehead atoms. The zero-order valence-electron chi connectivity index (χ0n) is 15.7. The number of anilines is 1. The van der Waals surface area contributed by atoms with Crippen LogP contribution in [0.3, 0.4) is 0 Å². The van der Waals surface area contributed by atoms with Crippen molar-refractivity contribution in [2.45, 2.75) is 38.1 Å². The highest BCUT2D eigenvalue weighted by Gasteiger charge is 2.34. The highest BCUT2D eigenvalue weighted by Crippen LogP contribution is 2.41. The fourth-order valence-corrected chi connectivity index (χ4v) is 3.42. The molecule has 0 radical (unpaired) electrons. The predicted molar refractivity (Wildman–Crippen MR) is 106 cm³/mol. The first kappa shape index (κ1) is 20.3. The molecule has 3 rings (SSSR count). The molecule has 2 N–H and O–H groups in total. The van der Waals surface area contributed by atoms with Crippen molar-refractivity contribution in [3.8, 4) is 11.5 Å². The van der Waals surface area contributed by atoms with Crippen LogP contribution >= 0.6 is 12.2 Å². The molecule has 0 aromatic heterocycles. The molecule has 0 spiro atoms. The fraction of sp³-hybridized carbons (Fsp3) is 0.350. The second-order valence-electron chi connectivity index (χ2n) is 7.20. The molecule has 8 heteroatoms. The van der Waals surface area contributed by atoms with E-state index >= 15 is 0 Å². The van der Waals surface area contributed by atoms with Crippen LogP contribution in [0.4, 0.5) is 18.9 Å². The van der Waals surface area contributed by atoms with Crippen LogP contribution in [0.25, 0.3) is 0 Å². The van der Waals surface area contributed by atoms with Gasteiger partial charge in [-0.05, 0) is 68.5 Å². The molecule has 0 unspecified atom stereocenters. The Balaban J connectivity index is 1.75. The van der Waals surface area contributed by atoms with E-state index in [-0.39, 0.29) is 6.04 Å². The van der Waals surface area contributed by atoms with Gasteiger partial charge < -0.3 is 20.1 Å². The molecule has 0 aliphatic carbocycles. The number of benzene rings is 2. The van der Waals surface area contributed by atoms with Crippen molar-refractivity contribution in [3.63, 3.8) is 0 Å². The van der Waals surface area contributed by atoms with Crippen molar-refractivity contribution < 1.29 is 22.6 Å². The lowest BCUT2D eigenvalue weighted by Crippen LogP contribution is -2.42. The van der Waals surface area contributed by atoms with Gasteiger partial charge in [0.25, 0.3) is 0 Å². The fourth-order valence-electron chi connectivity index (χ4n) is 3.16. The monoisotopic (exact) mass is 410 g/mol. The van der Waals surface area contributed by atoms with E-state index in [9.17, 15) is 13.2 Å². The molecule has 1 aliphatic rings. The number of rotatable bonds is 3. The minimum absolute atomic E-state index is 0.136. The predicted octanol–water partition coefficient (Wildman–Crippen LogP) is 5.30. The van der Waals surface area contributed by atoms with Gasteiger partial charge in [0.15, 0.2) is 5.11 Å². The average molecular weight is 410 g/mol. The normalized spacial score (nSPS) is 17.9. The number of alkyl halides is 3. The van der Waals surface area contributed by atoms with Crippen LogP contribution in [0.5, 0.6) is 11.5 Å². The van der Waals surface area contributed by atoms with Crippen LogP contribution in [0.2, 0.25) is 0 Å². The molecule has 28 heavy (non-hydrogen) atoms. The maximum atomic E-state index is 12.7. The van der Waals surface area contributed by atoms with Crippen molar-refractivity contribution >= 4 is 23.0 Å². The molecule has 1 atom stereocenters. The Morgan fingerprint density at radius 1 is 1.18 bits per heavy atom. The molecule has 2 aromatic carbocycles. The van der Waals surface area contributed by atoms with Crippen molar-refractivity contribution in [1.82, 2.24) is 5.32 Å². The number of hydrogen-bond acceptors (Lipinski definition) is 3. The lowest BCUT2D eigenvalue weighted by Gasteiger charge is -2.38. The molecule has 150 valence electrons. The third-order valence-corrected chi connectivity index (χ3v) is 4.67. The van der Waals surface area contributed by atoms with E-state index in [2.05, 4.69) is 10.6 Å². The number of methoxy groups -OCH3 is 1. The Labute approximate surface area is 167 Å². The van der Waals surface area contributed by atoms with E-state index in [1.165, 1.54) is 12.1 Å². The Morgan fingerprint density at radius 2 is 1.86 bits per heavy atom. The number of fused-ring (bicyclic) bond motifs is 1. The van der Waals surface area contributed by atoms with Gasteiger partial charge in [0, 0.05) is 17.7 Å². The summed E-state index contributed by atoms with van der Waals surface area (Å²) in [5.74, 6) is 1.45. The molecular weight excluding hydrogens is 389 g/mol. The molecule has 4 nitrogen and oxygen atoms in total. The van der Waals surface area contributed by atoms with E-state index in [1.807, 2.05) is 32.0 Å². The second-order valence-corrected chi connectivity index (χ2v) is 7.60. The van der Waals surface area contributed by atoms with Gasteiger partial charge in [-0.1, -0.05) is 0 Å². The van der Waals surface area contributed by atoms with E-state index in [0.717, 1.165) is 23.4 Å². The van der Waals surface area contributed by atoms with Gasteiger partial charge >= 0.3 is 6.18 Å². The highest BCUT2D eigenvalue weighted by molar-refractivity contribution is 7.80. The number of thiocarbonyl (C=S) groups is 1. The molecule has 0 saturated heterocycles. The third-order valence-electron chi connectivity index (χ3n) is 4.45. The van der Waals surface area contributed by atoms with Crippen LogP contribution in [0.1, 0.15) is 37.4 Å². The lowest BCUT2D eigenvalue weighted by atomic mass is 9.89. The first-order valence-electron chi connectivity index (χ1n) is 8.69. The number of nitrogens with one attached hydrogen (secondary N) is 2. The summed E-state index contributed by atoms with van der Waals surface area (Å²) < 4.78 is 49.4. The van der Waals surface area contributed by atoms with Crippen LogP contribution < -0.4 is 20.1 Å². The summed E-state index contributed by atoms with van der Waals surface area (Å²) in [6.07, 6.45) is -3.71. The Kier molecular flexibility index (Phi) is 5.43. The van der Waals surface area contributed by atoms with Crippen LogP contribution in [-0.2, 0) is 6.18 Å². The molecule has 0 amide bonds. The quantitative estimate of drug-likeness (QED) is 0.672. The van der Waals surface area contributed by atoms with E-state index in [1.54, 1.807) is 7.11 Å². The second kappa shape index (κ2) is 7.50. The molecule has 1 aliphatic heterocycles. The van der Waals surface area contributed by atoms with Gasteiger partial charge in [-0.15, -0.1) is 0 Å². The topological polar surface area (TPSA) is 42.5 Å². The number of halogens is 3. The standard InChI is InChI=1S/C20H21F3N2O2S/c1-19(2)11-16(15-10-14(26-3)8-9-17(15)27-19)25-18(28)24-13-6-4-12(5-7-13)20(21,22)23/h4-10,16H,11H2,1-3H3,(H2,24,25,28)/t16-/m0/s1. The van der Waals surface area contributed by atoms with Crippen molar-refractivity contribution in [1.29, 1.82) is 0 Å². The highest BCUT2D eigenvalue weighted by atomic mass is 32.1. The number of ether oxygens (including phenoxy) is 2. The summed E-state index contributed by atoms with van der Waals surface area (Å²) in [6, 6.07) is 10.2. The average Bonchev–Trinajstić information content (AvgIpc) is 2.60. The lowest BCUT2D eigenvalue weighted by molar-refractivity contribution is -0.137. The van der Waals surface area contributed by atoms with E-state index in [4.69, 9.17) is 21.7 Å². The molecule has 2 aromatic rings. The summed E-state index contributed by atoms with van der Waals surface area (Å²) in [5.41, 5.74) is 0.283. The van der Waals surface area contributed by atoms with Gasteiger partial charge in [-0.2, -0.15) is 13.2 Å². The van der Waals surface area contributed by atoms with Gasteiger partial charge in [-0.3, -0.25) is 0 Å². The zero-order valence-corrected chi connectivity index (χ0v) is 16.5. The van der Waals surface area contributed by atoms with Crippen LogP contribution in [0.15, 0.2) is 42.5 Å². The minimum Gasteiger partial charge on any atom is -0.497 e. The van der Waals surface area contributed by atoms with Crippen LogP contribution in [-0.4, -0.2) is 17.8 Å². The van der Waals surface area contributed by atoms with Crippen molar-refractivity contribution in [2.75, 3.05) is 12.4 Å². The Hall–Kier alpha value is -2.48. The summed E-state index contributed by atoms with van der Waals surface area (Å²) in [4.78, 5) is 0. The largest absolute Gasteiger partial charge is 0.497 e. The smallest absolute Gasteiger partial charge is 0.416 e. The first-order chi connectivity index (χ1) is 13.1. The summed E-state index contributed by atoms with van der Waals surface area (Å²) in [6.45, 7) is 3.97. The van der Waals surface area contributed by atoms with Crippen molar-refractivity contribution in [3.05, 3.63) is 53.6 Å². The first-order valence-corrected chi connectivity index (χ1v) is 9.10. The summed E-state index contributed by atoms with van der Waals surface area (Å²) in [5, 5.41) is 6.49. The Morgan fingerprint density at radius 3 is 2.46 bits per heavy atom. The zero-order chi connectivity index (χ0) is 20.5. The van der Waals surface area contributed by atoms with Gasteiger partial charge in [-0.25, -0.2) is 0 Å². The van der Waals surface area contributed by atoms with Gasteiger partial charge in [0.1, 0.15) is 17.1 Å².